The van der Waals surface area contributed by atoms with Crippen molar-refractivity contribution >= 4 is 40.0 Å². The molecule has 172 valence electrons. The summed E-state index contributed by atoms with van der Waals surface area (Å²) < 4.78 is 1.57. The van der Waals surface area contributed by atoms with E-state index in [9.17, 15) is 14.4 Å². The van der Waals surface area contributed by atoms with Crippen molar-refractivity contribution in [2.24, 2.45) is 0 Å². The number of nitrogens with one attached hydrogen (secondary N) is 1. The number of amides is 1. The van der Waals surface area contributed by atoms with Crippen LogP contribution < -0.4 is 10.9 Å². The number of para-hydroxylation sites is 1. The van der Waals surface area contributed by atoms with Crippen molar-refractivity contribution in [3.63, 3.8) is 0 Å². The first kappa shape index (κ1) is 23.4. The van der Waals surface area contributed by atoms with Gasteiger partial charge in [-0.3, -0.25) is 19.0 Å². The second-order valence-corrected chi connectivity index (χ2v) is 9.51. The molecule has 1 unspecified atom stereocenters. The number of anilines is 1. The summed E-state index contributed by atoms with van der Waals surface area (Å²) in [6.07, 6.45) is 0. The summed E-state index contributed by atoms with van der Waals surface area (Å²) in [5.41, 5.74) is 4.36. The van der Waals surface area contributed by atoms with Crippen LogP contribution in [0.3, 0.4) is 0 Å². The van der Waals surface area contributed by atoms with E-state index in [1.54, 1.807) is 47.9 Å². The third-order valence-corrected chi connectivity index (χ3v) is 6.73. The topological polar surface area (TPSA) is 81.1 Å². The van der Waals surface area contributed by atoms with E-state index in [1.807, 2.05) is 44.2 Å². The number of carbonyl (C=O) groups excluding carboxylic acids is 2. The standard InChI is InChI=1S/C27H25N3O3S/c1-16-12-13-22(14-17(16)2)30-26(33)23-10-5-6-11-24(23)29-27(30)34-19(4)25(32)28-21-9-7-8-20(15-21)18(3)31/h5-15,19H,1-4H3,(H,28,32). The minimum atomic E-state index is -0.549. The molecule has 6 nitrogen and oxygen atoms in total. The van der Waals surface area contributed by atoms with Crippen LogP contribution in [-0.2, 0) is 4.79 Å². The predicted octanol–water partition coefficient (Wildman–Crippen LogP) is 5.32. The smallest absolute Gasteiger partial charge is 0.266 e. The van der Waals surface area contributed by atoms with Crippen LogP contribution in [0.4, 0.5) is 5.69 Å². The van der Waals surface area contributed by atoms with Gasteiger partial charge in [-0.05, 0) is 75.2 Å². The van der Waals surface area contributed by atoms with E-state index >= 15 is 0 Å². The molecule has 1 atom stereocenters. The Bertz CT molecular complexity index is 1480. The van der Waals surface area contributed by atoms with Gasteiger partial charge in [-0.1, -0.05) is 42.1 Å². The average Bonchev–Trinajstić information content (AvgIpc) is 2.81. The normalized spacial score (nSPS) is 11.9. The maximum Gasteiger partial charge on any atom is 0.266 e. The fourth-order valence-corrected chi connectivity index (χ4v) is 4.48. The molecule has 0 saturated heterocycles. The van der Waals surface area contributed by atoms with Gasteiger partial charge in [0.15, 0.2) is 10.9 Å². The zero-order valence-corrected chi connectivity index (χ0v) is 20.3. The molecule has 0 bridgehead atoms. The first-order valence-electron chi connectivity index (χ1n) is 10.9. The quantitative estimate of drug-likeness (QED) is 0.234. The first-order chi connectivity index (χ1) is 16.2. The van der Waals surface area contributed by atoms with E-state index < -0.39 is 5.25 Å². The maximum atomic E-state index is 13.5. The number of benzene rings is 3. The number of thioether (sulfide) groups is 1. The summed E-state index contributed by atoms with van der Waals surface area (Å²) in [5.74, 6) is -0.323. The molecule has 0 saturated carbocycles. The highest BCUT2D eigenvalue weighted by Crippen LogP contribution is 2.27. The monoisotopic (exact) mass is 471 g/mol. The molecular weight excluding hydrogens is 446 g/mol. The number of rotatable bonds is 6. The Labute approximate surface area is 202 Å². The van der Waals surface area contributed by atoms with Crippen molar-refractivity contribution in [3.05, 3.63) is 93.8 Å². The fourth-order valence-electron chi connectivity index (χ4n) is 3.56. The molecule has 0 radical (unpaired) electrons. The molecule has 34 heavy (non-hydrogen) atoms. The van der Waals surface area contributed by atoms with Gasteiger partial charge in [0.1, 0.15) is 0 Å². The van der Waals surface area contributed by atoms with Gasteiger partial charge in [-0.25, -0.2) is 4.98 Å². The Morgan fingerprint density at radius 2 is 1.74 bits per heavy atom. The first-order valence-corrected chi connectivity index (χ1v) is 11.8. The van der Waals surface area contributed by atoms with Gasteiger partial charge in [-0.2, -0.15) is 0 Å². The predicted molar refractivity (Wildman–Crippen MR) is 137 cm³/mol. The third-order valence-electron chi connectivity index (χ3n) is 5.68. The van der Waals surface area contributed by atoms with Crippen LogP contribution in [0.15, 0.2) is 76.7 Å². The summed E-state index contributed by atoms with van der Waals surface area (Å²) in [4.78, 5) is 42.8. The van der Waals surface area contributed by atoms with E-state index in [-0.39, 0.29) is 17.2 Å². The molecule has 0 spiro atoms. The van der Waals surface area contributed by atoms with Gasteiger partial charge in [0.2, 0.25) is 5.91 Å². The van der Waals surface area contributed by atoms with Crippen LogP contribution in [0.25, 0.3) is 16.6 Å². The second kappa shape index (κ2) is 9.65. The third kappa shape index (κ3) is 4.79. The Hall–Kier alpha value is -3.71. The van der Waals surface area contributed by atoms with Gasteiger partial charge in [0, 0.05) is 11.3 Å². The zero-order valence-electron chi connectivity index (χ0n) is 19.5. The summed E-state index contributed by atoms with van der Waals surface area (Å²) in [6, 6.07) is 19.8. The number of aryl methyl sites for hydroxylation is 2. The number of ketones is 1. The van der Waals surface area contributed by atoms with E-state index in [2.05, 4.69) is 5.32 Å². The number of hydrogen-bond acceptors (Lipinski definition) is 5. The van der Waals surface area contributed by atoms with Crippen molar-refractivity contribution in [2.75, 3.05) is 5.32 Å². The summed E-state index contributed by atoms with van der Waals surface area (Å²) in [6.45, 7) is 7.26. The molecule has 0 aliphatic carbocycles. The van der Waals surface area contributed by atoms with Gasteiger partial charge < -0.3 is 5.32 Å². The highest BCUT2D eigenvalue weighted by Gasteiger charge is 2.21. The maximum absolute atomic E-state index is 13.5. The molecule has 0 fully saturated rings. The van der Waals surface area contributed by atoms with Gasteiger partial charge in [0.05, 0.1) is 21.8 Å². The Kier molecular flexibility index (Phi) is 6.65. The van der Waals surface area contributed by atoms with Crippen LogP contribution in [0, 0.1) is 13.8 Å². The molecule has 1 amide bonds. The number of carbonyl (C=O) groups is 2. The molecule has 3 aromatic carbocycles. The van der Waals surface area contributed by atoms with Crippen LogP contribution in [0.1, 0.15) is 35.3 Å². The van der Waals surface area contributed by atoms with Crippen LogP contribution in [0.5, 0.6) is 0 Å². The molecular formula is C27H25N3O3S. The summed E-state index contributed by atoms with van der Waals surface area (Å²) in [7, 11) is 0. The lowest BCUT2D eigenvalue weighted by molar-refractivity contribution is -0.115. The molecule has 4 rings (SSSR count). The Morgan fingerprint density at radius 1 is 0.971 bits per heavy atom. The molecule has 1 aromatic heterocycles. The highest BCUT2D eigenvalue weighted by atomic mass is 32.2. The Balaban J connectivity index is 1.71. The number of nitrogens with zero attached hydrogens (tertiary/aromatic N) is 2. The Morgan fingerprint density at radius 3 is 2.47 bits per heavy atom. The summed E-state index contributed by atoms with van der Waals surface area (Å²) in [5, 5.41) is 3.26. The van der Waals surface area contributed by atoms with Gasteiger partial charge in [-0.15, -0.1) is 0 Å². The fraction of sp³-hybridized carbons (Fsp3) is 0.185. The van der Waals surface area contributed by atoms with Gasteiger partial charge in [0.25, 0.3) is 5.56 Å². The van der Waals surface area contributed by atoms with E-state index in [0.29, 0.717) is 33.0 Å². The number of Topliss-reactive ketones (excluding diaryl/α,β-unsaturated/α-hetero) is 1. The van der Waals surface area contributed by atoms with Crippen LogP contribution in [0.2, 0.25) is 0 Å². The van der Waals surface area contributed by atoms with E-state index in [4.69, 9.17) is 4.98 Å². The molecule has 0 aliphatic rings. The lowest BCUT2D eigenvalue weighted by Gasteiger charge is -2.17. The van der Waals surface area contributed by atoms with Crippen molar-refractivity contribution in [2.45, 2.75) is 38.1 Å². The zero-order chi connectivity index (χ0) is 24.4. The SMILES string of the molecule is CC(=O)c1cccc(NC(=O)C(C)Sc2nc3ccccc3c(=O)n2-c2ccc(C)c(C)c2)c1. The van der Waals surface area contributed by atoms with Crippen molar-refractivity contribution in [3.8, 4) is 5.69 Å². The average molecular weight is 472 g/mol. The lowest BCUT2D eigenvalue weighted by Crippen LogP contribution is -2.26. The van der Waals surface area contributed by atoms with Crippen LogP contribution >= 0.6 is 11.8 Å². The molecule has 4 aromatic rings. The summed E-state index contributed by atoms with van der Waals surface area (Å²) >= 11 is 1.21. The molecule has 0 aliphatic heterocycles. The second-order valence-electron chi connectivity index (χ2n) is 8.21. The molecule has 1 heterocycles. The van der Waals surface area contributed by atoms with E-state index in [0.717, 1.165) is 11.1 Å². The van der Waals surface area contributed by atoms with Crippen molar-refractivity contribution < 1.29 is 9.59 Å². The van der Waals surface area contributed by atoms with E-state index in [1.165, 1.54) is 18.7 Å². The van der Waals surface area contributed by atoms with Crippen LogP contribution in [-0.4, -0.2) is 26.5 Å². The minimum absolute atomic E-state index is 0.0729. The number of aromatic nitrogens is 2. The molecule has 1 N–H and O–H groups in total. The lowest BCUT2D eigenvalue weighted by atomic mass is 10.1. The number of hydrogen-bond donors (Lipinski definition) is 1. The van der Waals surface area contributed by atoms with Crippen molar-refractivity contribution in [1.29, 1.82) is 0 Å². The van der Waals surface area contributed by atoms with Gasteiger partial charge >= 0.3 is 0 Å². The van der Waals surface area contributed by atoms with Crippen molar-refractivity contribution in [1.82, 2.24) is 9.55 Å². The minimum Gasteiger partial charge on any atom is -0.325 e. The highest BCUT2D eigenvalue weighted by molar-refractivity contribution is 8.00. The largest absolute Gasteiger partial charge is 0.325 e. The molecule has 7 heteroatoms. The number of fused-ring (bicyclic) bond motifs is 1.